The van der Waals surface area contributed by atoms with Gasteiger partial charge in [-0.05, 0) is 13.0 Å². The second-order valence-electron chi connectivity index (χ2n) is 5.67. The topological polar surface area (TPSA) is 35.9 Å². The summed E-state index contributed by atoms with van der Waals surface area (Å²) in [5.41, 5.74) is 0.381. The standard InChI is InChI=1S/C16H25FN2O2/c1-13-11-18(7-8-19(13)9-10-21-2)12-16(20)14-5-3-4-6-15(14)17/h3-6,13,16,20H,7-12H2,1-2H3/t13-,16+/m0/s1. The molecule has 0 amide bonds. The SMILES string of the molecule is COCCN1CCN(C[C@@H](O)c2ccccc2F)C[C@@H]1C. The maximum Gasteiger partial charge on any atom is 0.129 e. The molecule has 0 saturated carbocycles. The summed E-state index contributed by atoms with van der Waals surface area (Å²) in [5.74, 6) is -0.336. The van der Waals surface area contributed by atoms with E-state index in [1.165, 1.54) is 6.07 Å². The number of aliphatic hydroxyl groups excluding tert-OH is 1. The molecular formula is C16H25FN2O2. The average Bonchev–Trinajstić information content (AvgIpc) is 2.47. The Balaban J connectivity index is 1.86. The zero-order chi connectivity index (χ0) is 15.2. The van der Waals surface area contributed by atoms with Crippen LogP contribution in [0.25, 0.3) is 0 Å². The van der Waals surface area contributed by atoms with Gasteiger partial charge in [-0.1, -0.05) is 18.2 Å². The number of β-amino-alcohol motifs (C(OH)–C–C–N with tert-alkyl or cyclic N) is 1. The third kappa shape index (κ3) is 4.48. The first-order valence-corrected chi connectivity index (χ1v) is 7.49. The van der Waals surface area contributed by atoms with Gasteiger partial charge < -0.3 is 9.84 Å². The molecular weight excluding hydrogens is 271 g/mol. The molecule has 1 aromatic carbocycles. The summed E-state index contributed by atoms with van der Waals surface area (Å²) in [6.45, 7) is 7.05. The van der Waals surface area contributed by atoms with Crippen LogP contribution in [0.15, 0.2) is 24.3 Å². The number of rotatable bonds is 6. The molecule has 1 N–H and O–H groups in total. The number of ether oxygens (including phenoxy) is 1. The van der Waals surface area contributed by atoms with Gasteiger partial charge in [-0.3, -0.25) is 9.80 Å². The Kier molecular flexibility index (Phi) is 6.11. The van der Waals surface area contributed by atoms with Gasteiger partial charge >= 0.3 is 0 Å². The summed E-state index contributed by atoms with van der Waals surface area (Å²) in [5, 5.41) is 10.2. The van der Waals surface area contributed by atoms with E-state index in [-0.39, 0.29) is 5.82 Å². The normalized spacial score (nSPS) is 22.4. The largest absolute Gasteiger partial charge is 0.387 e. The van der Waals surface area contributed by atoms with Crippen LogP contribution >= 0.6 is 0 Å². The summed E-state index contributed by atoms with van der Waals surface area (Å²) >= 11 is 0. The van der Waals surface area contributed by atoms with E-state index in [4.69, 9.17) is 4.74 Å². The van der Waals surface area contributed by atoms with E-state index in [1.807, 2.05) is 0 Å². The molecule has 0 aliphatic carbocycles. The predicted molar refractivity (Wildman–Crippen MR) is 80.7 cm³/mol. The summed E-state index contributed by atoms with van der Waals surface area (Å²) in [4.78, 5) is 4.58. The lowest BCUT2D eigenvalue weighted by molar-refractivity contribution is 0.0323. The number of hydrogen-bond acceptors (Lipinski definition) is 4. The molecule has 118 valence electrons. The van der Waals surface area contributed by atoms with E-state index < -0.39 is 6.10 Å². The first-order chi connectivity index (χ1) is 10.1. The van der Waals surface area contributed by atoms with Crippen molar-refractivity contribution < 1.29 is 14.2 Å². The molecule has 1 aliphatic rings. The van der Waals surface area contributed by atoms with Crippen molar-refractivity contribution in [2.24, 2.45) is 0 Å². The van der Waals surface area contributed by atoms with E-state index in [0.717, 1.165) is 32.8 Å². The second kappa shape index (κ2) is 7.84. The third-order valence-electron chi connectivity index (χ3n) is 4.13. The highest BCUT2D eigenvalue weighted by Gasteiger charge is 2.25. The fraction of sp³-hybridized carbons (Fsp3) is 0.625. The molecule has 0 spiro atoms. The summed E-state index contributed by atoms with van der Waals surface area (Å²) < 4.78 is 18.8. The molecule has 0 unspecified atom stereocenters. The van der Waals surface area contributed by atoms with E-state index in [9.17, 15) is 9.50 Å². The van der Waals surface area contributed by atoms with Crippen molar-refractivity contribution in [3.05, 3.63) is 35.6 Å². The van der Waals surface area contributed by atoms with Crippen LogP contribution < -0.4 is 0 Å². The van der Waals surface area contributed by atoms with Crippen LogP contribution in [0, 0.1) is 5.82 Å². The molecule has 5 heteroatoms. The van der Waals surface area contributed by atoms with Crippen LogP contribution in [0.3, 0.4) is 0 Å². The van der Waals surface area contributed by atoms with Gasteiger partial charge in [0, 0.05) is 51.4 Å². The van der Waals surface area contributed by atoms with Crippen LogP contribution in [-0.2, 0) is 4.74 Å². The van der Waals surface area contributed by atoms with Crippen LogP contribution in [0.5, 0.6) is 0 Å². The molecule has 21 heavy (non-hydrogen) atoms. The molecule has 0 bridgehead atoms. The fourth-order valence-corrected chi connectivity index (χ4v) is 2.87. The maximum absolute atomic E-state index is 13.7. The minimum Gasteiger partial charge on any atom is -0.387 e. The smallest absolute Gasteiger partial charge is 0.129 e. The quantitative estimate of drug-likeness (QED) is 0.863. The number of aliphatic hydroxyl groups is 1. The Morgan fingerprint density at radius 1 is 1.38 bits per heavy atom. The van der Waals surface area contributed by atoms with Gasteiger partial charge in [-0.2, -0.15) is 0 Å². The van der Waals surface area contributed by atoms with E-state index in [0.29, 0.717) is 18.2 Å². The highest BCUT2D eigenvalue weighted by Crippen LogP contribution is 2.19. The minimum absolute atomic E-state index is 0.336. The number of nitrogens with zero attached hydrogens (tertiary/aromatic N) is 2. The number of benzene rings is 1. The third-order valence-corrected chi connectivity index (χ3v) is 4.13. The van der Waals surface area contributed by atoms with Crippen LogP contribution in [0.2, 0.25) is 0 Å². The van der Waals surface area contributed by atoms with Crippen molar-refractivity contribution in [3.63, 3.8) is 0 Å². The zero-order valence-corrected chi connectivity index (χ0v) is 12.8. The lowest BCUT2D eigenvalue weighted by Gasteiger charge is -2.40. The Morgan fingerprint density at radius 2 is 2.14 bits per heavy atom. The summed E-state index contributed by atoms with van der Waals surface area (Å²) in [6.07, 6.45) is -0.774. The number of hydrogen-bond donors (Lipinski definition) is 1. The zero-order valence-electron chi connectivity index (χ0n) is 12.8. The lowest BCUT2D eigenvalue weighted by Crippen LogP contribution is -2.53. The van der Waals surface area contributed by atoms with Crippen molar-refractivity contribution in [1.82, 2.24) is 9.80 Å². The molecule has 1 heterocycles. The van der Waals surface area contributed by atoms with Crippen LogP contribution in [0.4, 0.5) is 4.39 Å². The minimum atomic E-state index is -0.774. The number of methoxy groups -OCH3 is 1. The van der Waals surface area contributed by atoms with Crippen LogP contribution in [-0.4, -0.2) is 67.4 Å². The first kappa shape index (κ1) is 16.4. The Hall–Kier alpha value is -1.01. The molecule has 4 nitrogen and oxygen atoms in total. The summed E-state index contributed by atoms with van der Waals surface area (Å²) in [6, 6.07) is 6.86. The monoisotopic (exact) mass is 296 g/mol. The second-order valence-corrected chi connectivity index (χ2v) is 5.67. The molecule has 1 saturated heterocycles. The van der Waals surface area contributed by atoms with E-state index >= 15 is 0 Å². The molecule has 0 radical (unpaired) electrons. The Bertz CT molecular complexity index is 444. The van der Waals surface area contributed by atoms with Crippen molar-refractivity contribution in [1.29, 1.82) is 0 Å². The lowest BCUT2D eigenvalue weighted by atomic mass is 10.1. The first-order valence-electron chi connectivity index (χ1n) is 7.49. The van der Waals surface area contributed by atoms with E-state index in [1.54, 1.807) is 25.3 Å². The van der Waals surface area contributed by atoms with Gasteiger partial charge in [0.05, 0.1) is 12.7 Å². The fourth-order valence-electron chi connectivity index (χ4n) is 2.87. The Morgan fingerprint density at radius 3 is 2.81 bits per heavy atom. The predicted octanol–water partition coefficient (Wildman–Crippen LogP) is 1.51. The van der Waals surface area contributed by atoms with Gasteiger partial charge in [0.1, 0.15) is 5.82 Å². The van der Waals surface area contributed by atoms with Gasteiger partial charge in [0.2, 0.25) is 0 Å². The van der Waals surface area contributed by atoms with Crippen molar-refractivity contribution in [3.8, 4) is 0 Å². The number of halogens is 1. The molecule has 1 aliphatic heterocycles. The molecule has 2 rings (SSSR count). The Labute approximate surface area is 126 Å². The summed E-state index contributed by atoms with van der Waals surface area (Å²) in [7, 11) is 1.71. The van der Waals surface area contributed by atoms with Gasteiger partial charge in [0.25, 0.3) is 0 Å². The van der Waals surface area contributed by atoms with Crippen molar-refractivity contribution in [2.75, 3.05) is 46.4 Å². The van der Waals surface area contributed by atoms with Crippen molar-refractivity contribution >= 4 is 0 Å². The molecule has 0 aromatic heterocycles. The van der Waals surface area contributed by atoms with Crippen molar-refractivity contribution in [2.45, 2.75) is 19.1 Å². The highest BCUT2D eigenvalue weighted by atomic mass is 19.1. The maximum atomic E-state index is 13.7. The van der Waals surface area contributed by atoms with Gasteiger partial charge in [0.15, 0.2) is 0 Å². The van der Waals surface area contributed by atoms with E-state index in [2.05, 4.69) is 16.7 Å². The highest BCUT2D eigenvalue weighted by molar-refractivity contribution is 5.20. The van der Waals surface area contributed by atoms with Gasteiger partial charge in [-0.25, -0.2) is 4.39 Å². The average molecular weight is 296 g/mol. The number of piperazine rings is 1. The molecule has 1 fully saturated rings. The van der Waals surface area contributed by atoms with Gasteiger partial charge in [-0.15, -0.1) is 0 Å². The van der Waals surface area contributed by atoms with Crippen LogP contribution in [0.1, 0.15) is 18.6 Å². The molecule has 1 aromatic rings. The molecule has 2 atom stereocenters.